The monoisotopic (exact) mass is 545 g/mol. The van der Waals surface area contributed by atoms with Gasteiger partial charge in [-0.3, -0.25) is 14.1 Å². The molecular formula is C32H43N5O3. The Bertz CT molecular complexity index is 1290. The highest BCUT2D eigenvalue weighted by Crippen LogP contribution is 2.34. The SMILES string of the molecule is CC(C)(C)OC(=O)NC1CCN(Cc2cn3c(C(=O)NCC(CC4CCCC4)c4ccccc4)cccc3n2)C1. The molecule has 3 aromatic rings. The summed E-state index contributed by atoms with van der Waals surface area (Å²) in [5, 5.41) is 6.21. The first-order valence-electron chi connectivity index (χ1n) is 14.8. The molecular weight excluding hydrogens is 502 g/mol. The van der Waals surface area contributed by atoms with Gasteiger partial charge in [-0.2, -0.15) is 0 Å². The van der Waals surface area contributed by atoms with Crippen LogP contribution in [-0.2, 0) is 11.3 Å². The number of aromatic nitrogens is 2. The van der Waals surface area contributed by atoms with Gasteiger partial charge in [0.05, 0.1) is 5.69 Å². The van der Waals surface area contributed by atoms with Crippen LogP contribution in [0, 0.1) is 5.92 Å². The number of hydrogen-bond donors (Lipinski definition) is 2. The highest BCUT2D eigenvalue weighted by Gasteiger charge is 2.27. The second kappa shape index (κ2) is 12.4. The van der Waals surface area contributed by atoms with Crippen LogP contribution in [0.15, 0.2) is 54.7 Å². The van der Waals surface area contributed by atoms with E-state index in [4.69, 9.17) is 9.72 Å². The van der Waals surface area contributed by atoms with Crippen molar-refractivity contribution in [1.82, 2.24) is 24.9 Å². The number of alkyl carbamates (subject to hydrolysis) is 1. The third-order valence-corrected chi connectivity index (χ3v) is 8.03. The van der Waals surface area contributed by atoms with Gasteiger partial charge in [-0.1, -0.05) is 62.1 Å². The number of carbonyl (C=O) groups excluding carboxylic acids is 2. The minimum absolute atomic E-state index is 0.0509. The molecule has 8 nitrogen and oxygen atoms in total. The first kappa shape index (κ1) is 28.1. The summed E-state index contributed by atoms with van der Waals surface area (Å²) >= 11 is 0. The van der Waals surface area contributed by atoms with Gasteiger partial charge < -0.3 is 15.4 Å². The van der Waals surface area contributed by atoms with E-state index in [1.165, 1.54) is 31.2 Å². The molecule has 2 unspecified atom stereocenters. The molecule has 1 saturated heterocycles. The van der Waals surface area contributed by atoms with E-state index in [0.29, 0.717) is 24.7 Å². The lowest BCUT2D eigenvalue weighted by molar-refractivity contribution is 0.0505. The van der Waals surface area contributed by atoms with Crippen molar-refractivity contribution in [2.45, 2.75) is 83.4 Å². The molecule has 2 aliphatic rings. The lowest BCUT2D eigenvalue weighted by Crippen LogP contribution is -2.40. The number of rotatable bonds is 9. The lowest BCUT2D eigenvalue weighted by Gasteiger charge is -2.22. The highest BCUT2D eigenvalue weighted by atomic mass is 16.6. The van der Waals surface area contributed by atoms with Crippen LogP contribution < -0.4 is 10.6 Å². The van der Waals surface area contributed by atoms with Crippen LogP contribution in [0.3, 0.4) is 0 Å². The molecule has 2 amide bonds. The Balaban J connectivity index is 1.21. The molecule has 2 fully saturated rings. The summed E-state index contributed by atoms with van der Waals surface area (Å²) in [6, 6.07) is 16.3. The summed E-state index contributed by atoms with van der Waals surface area (Å²) in [5.41, 5.74) is 3.04. The van der Waals surface area contributed by atoms with Gasteiger partial charge in [0.1, 0.15) is 16.9 Å². The number of nitrogens with one attached hydrogen (secondary N) is 2. The summed E-state index contributed by atoms with van der Waals surface area (Å²) in [6.07, 6.45) is 8.80. The number of fused-ring (bicyclic) bond motifs is 1. The van der Waals surface area contributed by atoms with Crippen LogP contribution in [0.4, 0.5) is 4.79 Å². The van der Waals surface area contributed by atoms with Crippen LogP contribution in [0.25, 0.3) is 5.65 Å². The Kier molecular flexibility index (Phi) is 8.74. The zero-order valence-corrected chi connectivity index (χ0v) is 24.1. The van der Waals surface area contributed by atoms with Crippen LogP contribution in [0.5, 0.6) is 0 Å². The number of benzene rings is 1. The van der Waals surface area contributed by atoms with Gasteiger partial charge in [0.15, 0.2) is 0 Å². The first-order valence-corrected chi connectivity index (χ1v) is 14.8. The quantitative estimate of drug-likeness (QED) is 0.369. The number of likely N-dealkylation sites (tertiary alicyclic amines) is 1. The first-order chi connectivity index (χ1) is 19.2. The molecule has 3 heterocycles. The van der Waals surface area contributed by atoms with Gasteiger partial charge in [0, 0.05) is 44.3 Å². The van der Waals surface area contributed by atoms with Crippen molar-refractivity contribution >= 4 is 17.6 Å². The third-order valence-electron chi connectivity index (χ3n) is 8.03. The van der Waals surface area contributed by atoms with Gasteiger partial charge in [-0.05, 0) is 57.2 Å². The Morgan fingerprint density at radius 3 is 2.58 bits per heavy atom. The van der Waals surface area contributed by atoms with Gasteiger partial charge in [0.2, 0.25) is 0 Å². The highest BCUT2D eigenvalue weighted by molar-refractivity contribution is 5.93. The van der Waals surface area contributed by atoms with Crippen molar-refractivity contribution in [2.24, 2.45) is 5.92 Å². The van der Waals surface area contributed by atoms with Crippen LogP contribution in [0.2, 0.25) is 0 Å². The van der Waals surface area contributed by atoms with E-state index in [1.807, 2.05) is 55.6 Å². The fourth-order valence-electron chi connectivity index (χ4n) is 6.14. The number of ether oxygens (including phenoxy) is 1. The maximum Gasteiger partial charge on any atom is 0.407 e. The fraction of sp³-hybridized carbons (Fsp3) is 0.531. The minimum Gasteiger partial charge on any atom is -0.444 e. The zero-order valence-electron chi connectivity index (χ0n) is 24.1. The summed E-state index contributed by atoms with van der Waals surface area (Å²) in [7, 11) is 0. The van der Waals surface area contributed by atoms with Crippen molar-refractivity contribution in [3.63, 3.8) is 0 Å². The predicted octanol–water partition coefficient (Wildman–Crippen LogP) is 5.53. The molecule has 214 valence electrons. The van der Waals surface area contributed by atoms with E-state index in [1.54, 1.807) is 0 Å². The molecule has 8 heteroatoms. The molecule has 2 atom stereocenters. The molecule has 0 radical (unpaired) electrons. The number of carbonyl (C=O) groups is 2. The standard InChI is InChI=1S/C32H43N5O3/c1-32(2,3)40-31(39)35-26-16-17-36(20-26)21-27-22-37-28(14-9-15-29(37)34-27)30(38)33-19-25(18-23-10-7-8-11-23)24-12-5-4-6-13-24/h4-6,9,12-15,22-23,25-26H,7-8,10-11,16-21H2,1-3H3,(H,33,38)(H,35,39). The second-order valence-corrected chi connectivity index (χ2v) is 12.4. The van der Waals surface area contributed by atoms with Gasteiger partial charge in [-0.25, -0.2) is 9.78 Å². The Labute approximate surface area is 237 Å². The average Bonchev–Trinajstić information content (AvgIpc) is 3.67. The van der Waals surface area contributed by atoms with Gasteiger partial charge >= 0.3 is 6.09 Å². The van der Waals surface area contributed by atoms with E-state index in [0.717, 1.165) is 43.2 Å². The maximum atomic E-state index is 13.4. The van der Waals surface area contributed by atoms with Crippen molar-refractivity contribution in [1.29, 1.82) is 0 Å². The molecule has 40 heavy (non-hydrogen) atoms. The third kappa shape index (κ3) is 7.42. The van der Waals surface area contributed by atoms with Gasteiger partial charge in [-0.15, -0.1) is 0 Å². The Hall–Kier alpha value is -3.39. The topological polar surface area (TPSA) is 88.0 Å². The molecule has 2 N–H and O–H groups in total. The number of amides is 2. The number of pyridine rings is 1. The maximum absolute atomic E-state index is 13.4. The van der Waals surface area contributed by atoms with E-state index >= 15 is 0 Å². The normalized spacial score (nSPS) is 19.1. The number of nitrogens with zero attached hydrogens (tertiary/aromatic N) is 3. The molecule has 0 spiro atoms. The molecule has 1 aromatic carbocycles. The number of imidazole rings is 1. The zero-order chi connectivity index (χ0) is 28.1. The van der Waals surface area contributed by atoms with E-state index < -0.39 is 5.60 Å². The van der Waals surface area contributed by atoms with Crippen LogP contribution in [0.1, 0.15) is 87.0 Å². The Morgan fingerprint density at radius 2 is 1.82 bits per heavy atom. The molecule has 2 aromatic heterocycles. The molecule has 1 aliphatic carbocycles. The largest absolute Gasteiger partial charge is 0.444 e. The smallest absolute Gasteiger partial charge is 0.407 e. The predicted molar refractivity (Wildman–Crippen MR) is 156 cm³/mol. The number of hydrogen-bond acceptors (Lipinski definition) is 5. The average molecular weight is 546 g/mol. The van der Waals surface area contributed by atoms with Gasteiger partial charge in [0.25, 0.3) is 5.91 Å². The summed E-state index contributed by atoms with van der Waals surface area (Å²) < 4.78 is 7.29. The molecule has 1 saturated carbocycles. The molecule has 1 aliphatic heterocycles. The minimum atomic E-state index is -0.513. The van der Waals surface area contributed by atoms with Crippen molar-refractivity contribution in [3.05, 3.63) is 71.7 Å². The Morgan fingerprint density at radius 1 is 1.05 bits per heavy atom. The summed E-state index contributed by atoms with van der Waals surface area (Å²) in [4.78, 5) is 32.6. The summed E-state index contributed by atoms with van der Waals surface area (Å²) in [5.74, 6) is 0.971. The molecule has 0 bridgehead atoms. The lowest BCUT2D eigenvalue weighted by atomic mass is 9.88. The summed E-state index contributed by atoms with van der Waals surface area (Å²) in [6.45, 7) is 8.48. The molecule has 5 rings (SSSR count). The van der Waals surface area contributed by atoms with E-state index in [-0.39, 0.29) is 18.0 Å². The van der Waals surface area contributed by atoms with Crippen LogP contribution >= 0.6 is 0 Å². The van der Waals surface area contributed by atoms with Crippen molar-refractivity contribution in [2.75, 3.05) is 19.6 Å². The van der Waals surface area contributed by atoms with Crippen LogP contribution in [-0.4, -0.2) is 57.6 Å². The van der Waals surface area contributed by atoms with Crippen molar-refractivity contribution < 1.29 is 14.3 Å². The van der Waals surface area contributed by atoms with E-state index in [9.17, 15) is 9.59 Å². The van der Waals surface area contributed by atoms with Crippen molar-refractivity contribution in [3.8, 4) is 0 Å². The fourth-order valence-corrected chi connectivity index (χ4v) is 6.14. The second-order valence-electron chi connectivity index (χ2n) is 12.4. The van der Waals surface area contributed by atoms with E-state index in [2.05, 4.69) is 39.8 Å².